The molecule has 1 N–H and O–H groups in total. The van der Waals surface area contributed by atoms with Crippen molar-refractivity contribution >= 4 is 28.7 Å². The van der Waals surface area contributed by atoms with Crippen LogP contribution in [0.3, 0.4) is 0 Å². The van der Waals surface area contributed by atoms with Crippen LogP contribution in [-0.4, -0.2) is 31.0 Å². The van der Waals surface area contributed by atoms with E-state index in [0.717, 1.165) is 39.9 Å². The fourth-order valence-corrected chi connectivity index (χ4v) is 3.48. The molecule has 0 aliphatic carbocycles. The Hall–Kier alpha value is -3.00. The lowest BCUT2D eigenvalue weighted by Gasteiger charge is -2.18. The quantitative estimate of drug-likeness (QED) is 0.586. The molecule has 3 aromatic heterocycles. The van der Waals surface area contributed by atoms with Crippen molar-refractivity contribution in [1.29, 1.82) is 0 Å². The van der Waals surface area contributed by atoms with E-state index in [-0.39, 0.29) is 11.9 Å². The molecule has 0 aliphatic heterocycles. The molecule has 0 saturated carbocycles. The Kier molecular flexibility index (Phi) is 4.26. The van der Waals surface area contributed by atoms with Crippen molar-refractivity contribution in [1.82, 2.24) is 23.8 Å². The normalized spacial score (nSPS) is 12.4. The molecule has 0 aliphatic rings. The van der Waals surface area contributed by atoms with E-state index in [2.05, 4.69) is 19.2 Å². The van der Waals surface area contributed by atoms with Crippen molar-refractivity contribution < 1.29 is 9.21 Å². The molecule has 0 fully saturated rings. The van der Waals surface area contributed by atoms with Gasteiger partial charge in [0.25, 0.3) is 5.91 Å². The van der Waals surface area contributed by atoms with Gasteiger partial charge < -0.3 is 9.73 Å². The van der Waals surface area contributed by atoms with Crippen LogP contribution in [0.25, 0.3) is 11.0 Å². The smallest absolute Gasteiger partial charge is 0.251 e. The first-order chi connectivity index (χ1) is 12.6. The monoisotopic (exact) mass is 367 g/mol. The standard InChI is InChI=1S/C18H17N5O2S/c1-11-8-12(2)23(20-11)16(17-4-3-7-25-17)10-19-18(24)13-5-6-14-15(9-13)22-26-21-14/h3-9,16H,10H2,1-2H3,(H,19,24)/t16-/m1/s1. The molecular weight excluding hydrogens is 350 g/mol. The minimum absolute atomic E-state index is 0.169. The van der Waals surface area contributed by atoms with E-state index in [1.807, 2.05) is 36.7 Å². The Morgan fingerprint density at radius 3 is 2.81 bits per heavy atom. The summed E-state index contributed by atoms with van der Waals surface area (Å²) in [6, 6.07) is 10.8. The number of benzene rings is 1. The second-order valence-electron chi connectivity index (χ2n) is 6.08. The van der Waals surface area contributed by atoms with Crippen LogP contribution in [0, 0.1) is 13.8 Å². The molecule has 8 heteroatoms. The minimum atomic E-state index is -0.215. The Morgan fingerprint density at radius 2 is 2.08 bits per heavy atom. The van der Waals surface area contributed by atoms with Crippen molar-refractivity contribution in [3.63, 3.8) is 0 Å². The molecule has 1 aromatic carbocycles. The summed E-state index contributed by atoms with van der Waals surface area (Å²) in [5, 5.41) is 7.51. The predicted octanol–water partition coefficient (Wildman–Crippen LogP) is 3.12. The summed E-state index contributed by atoms with van der Waals surface area (Å²) in [4.78, 5) is 12.6. The van der Waals surface area contributed by atoms with E-state index in [1.54, 1.807) is 24.5 Å². The molecule has 3 heterocycles. The second kappa shape index (κ2) is 6.72. The third-order valence-electron chi connectivity index (χ3n) is 4.18. The largest absolute Gasteiger partial charge is 0.467 e. The van der Waals surface area contributed by atoms with Gasteiger partial charge in [0, 0.05) is 17.8 Å². The van der Waals surface area contributed by atoms with Crippen LogP contribution in [0.2, 0.25) is 0 Å². The third-order valence-corrected chi connectivity index (χ3v) is 4.74. The summed E-state index contributed by atoms with van der Waals surface area (Å²) in [5.74, 6) is 0.577. The van der Waals surface area contributed by atoms with E-state index in [4.69, 9.17) is 4.42 Å². The molecule has 4 rings (SSSR count). The highest BCUT2D eigenvalue weighted by atomic mass is 32.1. The Bertz CT molecular complexity index is 1050. The average Bonchev–Trinajstić information content (AvgIpc) is 3.36. The molecule has 0 unspecified atom stereocenters. The number of furan rings is 1. The molecule has 0 radical (unpaired) electrons. The van der Waals surface area contributed by atoms with Crippen molar-refractivity contribution in [2.75, 3.05) is 6.54 Å². The number of hydrogen-bond donors (Lipinski definition) is 1. The maximum atomic E-state index is 12.6. The molecule has 0 saturated heterocycles. The topological polar surface area (TPSA) is 85.8 Å². The van der Waals surface area contributed by atoms with Crippen molar-refractivity contribution in [3.8, 4) is 0 Å². The first-order valence-corrected chi connectivity index (χ1v) is 8.91. The van der Waals surface area contributed by atoms with E-state index >= 15 is 0 Å². The Balaban J connectivity index is 1.56. The van der Waals surface area contributed by atoms with Crippen molar-refractivity contribution in [2.24, 2.45) is 0 Å². The average molecular weight is 367 g/mol. The highest BCUT2D eigenvalue weighted by Gasteiger charge is 2.21. The van der Waals surface area contributed by atoms with E-state index in [0.29, 0.717) is 12.1 Å². The van der Waals surface area contributed by atoms with Gasteiger partial charge in [-0.15, -0.1) is 0 Å². The second-order valence-corrected chi connectivity index (χ2v) is 6.61. The first kappa shape index (κ1) is 16.5. The van der Waals surface area contributed by atoms with Gasteiger partial charge in [0.1, 0.15) is 22.8 Å². The number of nitrogens with one attached hydrogen (secondary N) is 1. The third kappa shape index (κ3) is 3.11. The molecule has 7 nitrogen and oxygen atoms in total. The van der Waals surface area contributed by atoms with Gasteiger partial charge in [0.05, 0.1) is 23.7 Å². The number of aryl methyl sites for hydroxylation is 2. The zero-order valence-corrected chi connectivity index (χ0v) is 15.2. The van der Waals surface area contributed by atoms with Gasteiger partial charge >= 0.3 is 0 Å². The van der Waals surface area contributed by atoms with Gasteiger partial charge in [-0.3, -0.25) is 9.48 Å². The number of hydrogen-bond acceptors (Lipinski definition) is 6. The van der Waals surface area contributed by atoms with Crippen LogP contribution >= 0.6 is 11.7 Å². The molecule has 1 atom stereocenters. The molecule has 1 amide bonds. The number of rotatable bonds is 5. The van der Waals surface area contributed by atoms with Gasteiger partial charge in [-0.1, -0.05) is 0 Å². The van der Waals surface area contributed by atoms with Gasteiger partial charge in [-0.05, 0) is 50.2 Å². The van der Waals surface area contributed by atoms with Gasteiger partial charge in [0.15, 0.2) is 0 Å². The lowest BCUT2D eigenvalue weighted by molar-refractivity contribution is 0.0948. The molecule has 0 spiro atoms. The summed E-state index contributed by atoms with van der Waals surface area (Å²) in [6.45, 7) is 4.29. The van der Waals surface area contributed by atoms with Gasteiger partial charge in [-0.25, -0.2) is 0 Å². The van der Waals surface area contributed by atoms with E-state index < -0.39 is 0 Å². The summed E-state index contributed by atoms with van der Waals surface area (Å²) in [5.41, 5.74) is 4.00. The maximum absolute atomic E-state index is 12.6. The van der Waals surface area contributed by atoms with Crippen LogP contribution in [0.1, 0.15) is 33.5 Å². The van der Waals surface area contributed by atoms with Crippen LogP contribution in [0.4, 0.5) is 0 Å². The zero-order valence-electron chi connectivity index (χ0n) is 14.3. The predicted molar refractivity (Wildman–Crippen MR) is 98.3 cm³/mol. The summed E-state index contributed by atoms with van der Waals surface area (Å²) in [6.07, 6.45) is 1.62. The lowest BCUT2D eigenvalue weighted by Crippen LogP contribution is -2.32. The Morgan fingerprint density at radius 1 is 1.23 bits per heavy atom. The zero-order chi connectivity index (χ0) is 18.1. The highest BCUT2D eigenvalue weighted by Crippen LogP contribution is 2.21. The molecular formula is C18H17N5O2S. The first-order valence-electron chi connectivity index (χ1n) is 8.18. The van der Waals surface area contributed by atoms with Gasteiger partial charge in [-0.2, -0.15) is 13.8 Å². The van der Waals surface area contributed by atoms with Crippen LogP contribution in [0.5, 0.6) is 0 Å². The van der Waals surface area contributed by atoms with Crippen molar-refractivity contribution in [3.05, 3.63) is 65.4 Å². The number of carbonyl (C=O) groups is 1. The van der Waals surface area contributed by atoms with E-state index in [9.17, 15) is 4.79 Å². The fraction of sp³-hybridized carbons (Fsp3) is 0.222. The molecule has 26 heavy (non-hydrogen) atoms. The summed E-state index contributed by atoms with van der Waals surface area (Å²) in [7, 11) is 0. The summed E-state index contributed by atoms with van der Waals surface area (Å²) < 4.78 is 15.8. The number of nitrogens with zero attached hydrogens (tertiary/aromatic N) is 4. The van der Waals surface area contributed by atoms with Crippen molar-refractivity contribution in [2.45, 2.75) is 19.9 Å². The minimum Gasteiger partial charge on any atom is -0.467 e. The number of carbonyl (C=O) groups excluding carboxylic acids is 1. The molecule has 132 valence electrons. The van der Waals surface area contributed by atoms with Crippen LogP contribution < -0.4 is 5.32 Å². The molecule has 0 bridgehead atoms. The number of aromatic nitrogens is 4. The van der Waals surface area contributed by atoms with Crippen LogP contribution in [0.15, 0.2) is 47.1 Å². The number of fused-ring (bicyclic) bond motifs is 1. The fourth-order valence-electron chi connectivity index (χ4n) is 2.96. The maximum Gasteiger partial charge on any atom is 0.251 e. The lowest BCUT2D eigenvalue weighted by atomic mass is 10.1. The number of amides is 1. The highest BCUT2D eigenvalue weighted by molar-refractivity contribution is 7.00. The SMILES string of the molecule is Cc1cc(C)n([C@H](CNC(=O)c2ccc3nsnc3c2)c2ccco2)n1. The van der Waals surface area contributed by atoms with E-state index in [1.165, 1.54) is 0 Å². The summed E-state index contributed by atoms with van der Waals surface area (Å²) >= 11 is 1.14. The van der Waals surface area contributed by atoms with Gasteiger partial charge in [0.2, 0.25) is 0 Å². The molecule has 4 aromatic rings. The van der Waals surface area contributed by atoms with Crippen LogP contribution in [-0.2, 0) is 0 Å². The Labute approximate surface area is 154 Å².